The molecule has 0 amide bonds. The maximum atomic E-state index is 5.43. The van der Waals surface area contributed by atoms with Crippen LogP contribution in [0.15, 0.2) is 53.5 Å². The molecule has 0 saturated carbocycles. The van der Waals surface area contributed by atoms with Crippen molar-refractivity contribution in [3.05, 3.63) is 65.2 Å². The summed E-state index contributed by atoms with van der Waals surface area (Å²) < 4.78 is 5.43. The number of methoxy groups -OCH3 is 1. The Hall–Kier alpha value is -1.80. The van der Waals surface area contributed by atoms with Gasteiger partial charge in [0.15, 0.2) is 5.96 Å². The van der Waals surface area contributed by atoms with Crippen LogP contribution in [0.3, 0.4) is 0 Å². The van der Waals surface area contributed by atoms with E-state index in [2.05, 4.69) is 82.9 Å². The second-order valence-corrected chi connectivity index (χ2v) is 8.09. The summed E-state index contributed by atoms with van der Waals surface area (Å²) in [5, 5.41) is 7.07. The van der Waals surface area contributed by atoms with Crippen molar-refractivity contribution in [1.82, 2.24) is 15.5 Å². The first kappa shape index (κ1) is 25.5. The molecule has 0 aliphatic carbocycles. The van der Waals surface area contributed by atoms with Gasteiger partial charge in [0.05, 0.1) is 7.11 Å². The van der Waals surface area contributed by atoms with Gasteiger partial charge in [-0.3, -0.25) is 9.89 Å². The molecule has 2 aromatic rings. The molecule has 3 rings (SSSR count). The minimum atomic E-state index is 0. The topological polar surface area (TPSA) is 48.9 Å². The molecule has 0 bridgehead atoms. The van der Waals surface area contributed by atoms with E-state index < -0.39 is 0 Å². The van der Waals surface area contributed by atoms with Crippen LogP contribution in [0.25, 0.3) is 0 Å². The van der Waals surface area contributed by atoms with Gasteiger partial charge in [-0.2, -0.15) is 0 Å². The molecule has 1 fully saturated rings. The summed E-state index contributed by atoms with van der Waals surface area (Å²) in [6.07, 6.45) is 3.20. The first-order valence-corrected chi connectivity index (χ1v) is 11.0. The number of hydrogen-bond acceptors (Lipinski definition) is 3. The predicted molar refractivity (Wildman–Crippen MR) is 141 cm³/mol. The van der Waals surface area contributed by atoms with Crippen LogP contribution < -0.4 is 15.4 Å². The maximum absolute atomic E-state index is 5.43. The van der Waals surface area contributed by atoms with Crippen LogP contribution >= 0.6 is 24.0 Å². The van der Waals surface area contributed by atoms with E-state index in [-0.39, 0.29) is 24.0 Å². The van der Waals surface area contributed by atoms with Crippen LogP contribution in [0, 0.1) is 6.92 Å². The molecule has 5 nitrogen and oxygen atoms in total. The van der Waals surface area contributed by atoms with Crippen molar-refractivity contribution in [3.63, 3.8) is 0 Å². The Balaban J connectivity index is 0.00000341. The molecule has 31 heavy (non-hydrogen) atoms. The number of ether oxygens (including phenoxy) is 1. The molecular weight excluding hydrogens is 499 g/mol. The predicted octanol–water partition coefficient (Wildman–Crippen LogP) is 4.55. The summed E-state index contributed by atoms with van der Waals surface area (Å²) in [6, 6.07) is 18.1. The zero-order valence-electron chi connectivity index (χ0n) is 19.2. The van der Waals surface area contributed by atoms with Gasteiger partial charge < -0.3 is 15.4 Å². The number of hydrogen-bond donors (Lipinski definition) is 2. The zero-order chi connectivity index (χ0) is 21.3. The van der Waals surface area contributed by atoms with Gasteiger partial charge in [0.25, 0.3) is 0 Å². The highest BCUT2D eigenvalue weighted by atomic mass is 127. The number of halogens is 1. The Kier molecular flexibility index (Phi) is 10.6. The molecule has 2 aromatic carbocycles. The molecule has 0 radical (unpaired) electrons. The second-order valence-electron chi connectivity index (χ2n) is 8.09. The lowest BCUT2D eigenvalue weighted by atomic mass is 10.0. The zero-order valence-corrected chi connectivity index (χ0v) is 21.6. The summed E-state index contributed by atoms with van der Waals surface area (Å²) in [4.78, 5) is 7.00. The molecule has 1 saturated heterocycles. The number of piperidine rings is 1. The lowest BCUT2D eigenvalue weighted by Gasteiger charge is -2.37. The normalized spacial score (nSPS) is 16.3. The van der Waals surface area contributed by atoms with E-state index in [0.717, 1.165) is 50.6 Å². The Labute approximate surface area is 204 Å². The van der Waals surface area contributed by atoms with Crippen molar-refractivity contribution in [2.75, 3.05) is 33.8 Å². The standard InChI is InChI=1S/C25H36N4O.HI/c1-19-10-11-21(18-24(19)30-4)12-15-27-25(26-3)28-23-13-16-29(17-14-23)20(2)22-8-6-5-7-9-22;/h5-11,18,20,23H,12-17H2,1-4H3,(H2,26,27,28);1H. The van der Waals surface area contributed by atoms with Crippen LogP contribution in [0.1, 0.15) is 42.5 Å². The minimum Gasteiger partial charge on any atom is -0.496 e. The average Bonchev–Trinajstić information content (AvgIpc) is 2.80. The summed E-state index contributed by atoms with van der Waals surface area (Å²) in [6.45, 7) is 7.43. The number of likely N-dealkylation sites (tertiary alicyclic amines) is 1. The van der Waals surface area contributed by atoms with E-state index in [0.29, 0.717) is 12.1 Å². The van der Waals surface area contributed by atoms with Gasteiger partial charge in [-0.1, -0.05) is 42.5 Å². The van der Waals surface area contributed by atoms with Gasteiger partial charge in [0.2, 0.25) is 0 Å². The number of nitrogens with one attached hydrogen (secondary N) is 2. The molecule has 0 spiro atoms. The third-order valence-corrected chi connectivity index (χ3v) is 6.10. The van der Waals surface area contributed by atoms with Gasteiger partial charge in [0.1, 0.15) is 5.75 Å². The van der Waals surface area contributed by atoms with Crippen LogP contribution in [-0.4, -0.2) is 50.7 Å². The maximum Gasteiger partial charge on any atom is 0.191 e. The Morgan fingerprint density at radius 3 is 2.52 bits per heavy atom. The smallest absolute Gasteiger partial charge is 0.191 e. The first-order chi connectivity index (χ1) is 14.6. The fraction of sp³-hybridized carbons (Fsp3) is 0.480. The molecule has 6 heteroatoms. The van der Waals surface area contributed by atoms with Crippen LogP contribution in [0.5, 0.6) is 5.75 Å². The van der Waals surface area contributed by atoms with Gasteiger partial charge in [-0.15, -0.1) is 24.0 Å². The van der Waals surface area contributed by atoms with Crippen molar-refractivity contribution in [1.29, 1.82) is 0 Å². The monoisotopic (exact) mass is 536 g/mol. The molecule has 1 unspecified atom stereocenters. The van der Waals surface area contributed by atoms with E-state index >= 15 is 0 Å². The summed E-state index contributed by atoms with van der Waals surface area (Å²) in [7, 11) is 3.57. The highest BCUT2D eigenvalue weighted by Gasteiger charge is 2.23. The lowest BCUT2D eigenvalue weighted by molar-refractivity contribution is 0.158. The van der Waals surface area contributed by atoms with Crippen molar-refractivity contribution in [3.8, 4) is 5.75 Å². The molecule has 170 valence electrons. The van der Waals surface area contributed by atoms with Gasteiger partial charge in [-0.25, -0.2) is 0 Å². The van der Waals surface area contributed by atoms with E-state index in [1.807, 2.05) is 7.05 Å². The van der Waals surface area contributed by atoms with E-state index in [4.69, 9.17) is 4.74 Å². The number of nitrogens with zero attached hydrogens (tertiary/aromatic N) is 2. The van der Waals surface area contributed by atoms with E-state index in [9.17, 15) is 0 Å². The molecule has 1 heterocycles. The number of rotatable bonds is 7. The van der Waals surface area contributed by atoms with Crippen LogP contribution in [0.2, 0.25) is 0 Å². The largest absolute Gasteiger partial charge is 0.496 e. The Bertz CT molecular complexity index is 820. The highest BCUT2D eigenvalue weighted by molar-refractivity contribution is 14.0. The molecular formula is C25H37IN4O. The molecule has 1 atom stereocenters. The SMILES string of the molecule is CN=C(NCCc1ccc(C)c(OC)c1)NC1CCN(C(C)c2ccccc2)CC1.I. The van der Waals surface area contributed by atoms with Crippen molar-refractivity contribution in [2.24, 2.45) is 4.99 Å². The third-order valence-electron chi connectivity index (χ3n) is 6.10. The third kappa shape index (κ3) is 7.38. The summed E-state index contributed by atoms with van der Waals surface area (Å²) in [5.41, 5.74) is 3.83. The second kappa shape index (κ2) is 12.9. The number of aliphatic imine (C=N–C) groups is 1. The number of benzene rings is 2. The average molecular weight is 537 g/mol. The molecule has 1 aliphatic rings. The van der Waals surface area contributed by atoms with Gasteiger partial charge in [-0.05, 0) is 55.9 Å². The Morgan fingerprint density at radius 1 is 1.16 bits per heavy atom. The minimum absolute atomic E-state index is 0. The van der Waals surface area contributed by atoms with E-state index in [1.54, 1.807) is 7.11 Å². The fourth-order valence-electron chi connectivity index (χ4n) is 4.11. The first-order valence-electron chi connectivity index (χ1n) is 11.0. The van der Waals surface area contributed by atoms with E-state index in [1.165, 1.54) is 16.7 Å². The van der Waals surface area contributed by atoms with Crippen LogP contribution in [-0.2, 0) is 6.42 Å². The molecule has 2 N–H and O–H groups in total. The number of aryl methyl sites for hydroxylation is 1. The van der Waals surface area contributed by atoms with Crippen molar-refractivity contribution >= 4 is 29.9 Å². The fourth-order valence-corrected chi connectivity index (χ4v) is 4.11. The van der Waals surface area contributed by atoms with Crippen molar-refractivity contribution in [2.45, 2.75) is 45.2 Å². The quantitative estimate of drug-likeness (QED) is 0.310. The van der Waals surface area contributed by atoms with Gasteiger partial charge in [0, 0.05) is 38.8 Å². The number of guanidine groups is 1. The summed E-state index contributed by atoms with van der Waals surface area (Å²) >= 11 is 0. The van der Waals surface area contributed by atoms with Crippen molar-refractivity contribution < 1.29 is 4.74 Å². The molecule has 1 aliphatic heterocycles. The highest BCUT2D eigenvalue weighted by Crippen LogP contribution is 2.24. The Morgan fingerprint density at radius 2 is 1.87 bits per heavy atom. The summed E-state index contributed by atoms with van der Waals surface area (Å²) in [5.74, 6) is 1.84. The lowest BCUT2D eigenvalue weighted by Crippen LogP contribution is -2.49. The van der Waals surface area contributed by atoms with Crippen LogP contribution in [0.4, 0.5) is 0 Å². The molecule has 0 aromatic heterocycles. The van der Waals surface area contributed by atoms with Gasteiger partial charge >= 0.3 is 0 Å².